The average molecular weight is 278 g/mol. The Hall–Kier alpha value is -2.88. The van der Waals surface area contributed by atoms with Crippen LogP contribution in [0.1, 0.15) is 17.0 Å². The van der Waals surface area contributed by atoms with Gasteiger partial charge < -0.3 is 10.1 Å². The molecule has 0 aliphatic rings. The second-order valence-electron chi connectivity index (χ2n) is 4.79. The van der Waals surface area contributed by atoms with E-state index in [1.54, 1.807) is 6.08 Å². The number of fused-ring (bicyclic) bond motifs is 1. The van der Waals surface area contributed by atoms with Crippen molar-refractivity contribution in [3.8, 4) is 0 Å². The second-order valence-corrected chi connectivity index (χ2v) is 4.79. The third-order valence-corrected chi connectivity index (χ3v) is 3.18. The lowest BCUT2D eigenvalue weighted by Crippen LogP contribution is -1.91. The highest BCUT2D eigenvalue weighted by molar-refractivity contribution is 5.85. The van der Waals surface area contributed by atoms with Crippen LogP contribution in [0.25, 0.3) is 17.1 Å². The van der Waals surface area contributed by atoms with Crippen molar-refractivity contribution in [3.05, 3.63) is 71.6 Å². The zero-order valence-corrected chi connectivity index (χ0v) is 11.3. The number of aromatic amines is 1. The second kappa shape index (κ2) is 5.63. The zero-order valence-electron chi connectivity index (χ0n) is 11.3. The van der Waals surface area contributed by atoms with Gasteiger partial charge in [-0.2, -0.15) is 0 Å². The van der Waals surface area contributed by atoms with E-state index >= 15 is 0 Å². The van der Waals surface area contributed by atoms with Crippen LogP contribution in [0.4, 0.5) is 0 Å². The largest absolute Gasteiger partial charge is 0.478 e. The van der Waals surface area contributed by atoms with Crippen LogP contribution in [0.2, 0.25) is 0 Å². The minimum absolute atomic E-state index is 0.684. The maximum Gasteiger partial charge on any atom is 0.328 e. The van der Waals surface area contributed by atoms with E-state index in [1.165, 1.54) is 0 Å². The van der Waals surface area contributed by atoms with Crippen molar-refractivity contribution in [1.29, 1.82) is 0 Å². The van der Waals surface area contributed by atoms with Gasteiger partial charge in [-0.25, -0.2) is 9.78 Å². The Bertz CT molecular complexity index is 785. The summed E-state index contributed by atoms with van der Waals surface area (Å²) in [6.45, 7) is 0. The first-order valence-electron chi connectivity index (χ1n) is 6.64. The number of aliphatic carboxylic acids is 1. The molecule has 0 fully saturated rings. The molecule has 3 aromatic rings. The summed E-state index contributed by atoms with van der Waals surface area (Å²) in [5, 5.41) is 8.66. The number of nitrogens with zero attached hydrogens (tertiary/aromatic N) is 1. The molecule has 21 heavy (non-hydrogen) atoms. The van der Waals surface area contributed by atoms with Gasteiger partial charge in [-0.05, 0) is 29.3 Å². The Morgan fingerprint density at radius 2 is 2.05 bits per heavy atom. The van der Waals surface area contributed by atoms with Crippen molar-refractivity contribution in [2.75, 3.05) is 0 Å². The number of rotatable bonds is 4. The number of H-pyrrole nitrogens is 1. The molecule has 1 heterocycles. The summed E-state index contributed by atoms with van der Waals surface area (Å²) in [7, 11) is 0. The van der Waals surface area contributed by atoms with Crippen LogP contribution in [0.3, 0.4) is 0 Å². The number of carboxylic acid groups (broad SMARTS) is 1. The summed E-state index contributed by atoms with van der Waals surface area (Å²) >= 11 is 0. The summed E-state index contributed by atoms with van der Waals surface area (Å²) in [5.41, 5.74) is 3.93. The minimum Gasteiger partial charge on any atom is -0.478 e. The molecular formula is C17H14N2O2. The molecule has 0 radical (unpaired) electrons. The molecule has 0 aliphatic carbocycles. The van der Waals surface area contributed by atoms with Gasteiger partial charge in [0.2, 0.25) is 0 Å². The normalized spacial score (nSPS) is 11.2. The summed E-state index contributed by atoms with van der Waals surface area (Å²) in [5.74, 6) is -0.0479. The minimum atomic E-state index is -0.947. The van der Waals surface area contributed by atoms with E-state index in [0.717, 1.165) is 34.1 Å². The third kappa shape index (κ3) is 3.17. The fraction of sp³-hybridized carbons (Fsp3) is 0.0588. The van der Waals surface area contributed by atoms with Crippen LogP contribution < -0.4 is 0 Å². The van der Waals surface area contributed by atoms with E-state index in [2.05, 4.69) is 9.97 Å². The SMILES string of the molecule is O=C(O)C=Cc1cccc(Cc2nc3ccccc3[nH]2)c1. The monoisotopic (exact) mass is 278 g/mol. The van der Waals surface area contributed by atoms with Gasteiger partial charge in [0.25, 0.3) is 0 Å². The smallest absolute Gasteiger partial charge is 0.328 e. The van der Waals surface area contributed by atoms with Crippen LogP contribution in [0.15, 0.2) is 54.6 Å². The maximum atomic E-state index is 10.5. The van der Waals surface area contributed by atoms with E-state index in [-0.39, 0.29) is 0 Å². The zero-order chi connectivity index (χ0) is 14.7. The van der Waals surface area contributed by atoms with Crippen LogP contribution >= 0.6 is 0 Å². The number of carbonyl (C=O) groups is 1. The first-order valence-corrected chi connectivity index (χ1v) is 6.64. The molecule has 1 aromatic heterocycles. The number of benzene rings is 2. The highest BCUT2D eigenvalue weighted by Gasteiger charge is 2.03. The summed E-state index contributed by atoms with van der Waals surface area (Å²) in [4.78, 5) is 18.4. The highest BCUT2D eigenvalue weighted by atomic mass is 16.4. The van der Waals surface area contributed by atoms with Gasteiger partial charge in [-0.1, -0.05) is 36.4 Å². The van der Waals surface area contributed by atoms with Gasteiger partial charge in [-0.15, -0.1) is 0 Å². The van der Waals surface area contributed by atoms with E-state index < -0.39 is 5.97 Å². The Morgan fingerprint density at radius 3 is 2.86 bits per heavy atom. The molecule has 2 N–H and O–H groups in total. The Morgan fingerprint density at radius 1 is 1.19 bits per heavy atom. The van der Waals surface area contributed by atoms with Gasteiger partial charge in [-0.3, -0.25) is 0 Å². The fourth-order valence-electron chi connectivity index (χ4n) is 2.26. The molecule has 0 unspecified atom stereocenters. The molecule has 0 spiro atoms. The van der Waals surface area contributed by atoms with E-state index in [9.17, 15) is 4.79 Å². The first-order chi connectivity index (χ1) is 10.2. The van der Waals surface area contributed by atoms with E-state index in [4.69, 9.17) is 5.11 Å². The Labute approximate surface area is 121 Å². The molecule has 2 aromatic carbocycles. The fourth-order valence-corrected chi connectivity index (χ4v) is 2.26. The van der Waals surface area contributed by atoms with Crippen LogP contribution in [0, 0.1) is 0 Å². The lowest BCUT2D eigenvalue weighted by Gasteiger charge is -2.00. The highest BCUT2D eigenvalue weighted by Crippen LogP contribution is 2.15. The van der Waals surface area contributed by atoms with Gasteiger partial charge in [0.05, 0.1) is 11.0 Å². The van der Waals surface area contributed by atoms with Crippen molar-refractivity contribution in [2.45, 2.75) is 6.42 Å². The molecule has 4 nitrogen and oxygen atoms in total. The van der Waals surface area contributed by atoms with Crippen LogP contribution in [-0.2, 0) is 11.2 Å². The standard InChI is InChI=1S/C17H14N2O2/c20-17(21)9-8-12-4-3-5-13(10-12)11-16-18-14-6-1-2-7-15(14)19-16/h1-10H,11H2,(H,18,19)(H,20,21). The quantitative estimate of drug-likeness (QED) is 0.720. The van der Waals surface area contributed by atoms with E-state index in [0.29, 0.717) is 6.42 Å². The number of hydrogen-bond acceptors (Lipinski definition) is 2. The van der Waals surface area contributed by atoms with Crippen molar-refractivity contribution in [3.63, 3.8) is 0 Å². The molecule has 104 valence electrons. The number of imidazole rings is 1. The number of hydrogen-bond donors (Lipinski definition) is 2. The number of para-hydroxylation sites is 2. The number of aromatic nitrogens is 2. The van der Waals surface area contributed by atoms with Crippen molar-refractivity contribution >= 4 is 23.1 Å². The first kappa shape index (κ1) is 13.1. The van der Waals surface area contributed by atoms with Gasteiger partial charge in [0.1, 0.15) is 5.82 Å². The Balaban J connectivity index is 1.84. The van der Waals surface area contributed by atoms with Crippen LogP contribution in [0.5, 0.6) is 0 Å². The molecule has 0 saturated carbocycles. The number of carboxylic acids is 1. The van der Waals surface area contributed by atoms with Gasteiger partial charge >= 0.3 is 5.97 Å². The van der Waals surface area contributed by atoms with Crippen LogP contribution in [-0.4, -0.2) is 21.0 Å². The third-order valence-electron chi connectivity index (χ3n) is 3.18. The average Bonchev–Trinajstić information content (AvgIpc) is 2.87. The predicted octanol–water partition coefficient (Wildman–Crippen LogP) is 3.25. The Kier molecular flexibility index (Phi) is 3.51. The molecule has 0 atom stereocenters. The molecule has 4 heteroatoms. The molecule has 0 bridgehead atoms. The summed E-state index contributed by atoms with van der Waals surface area (Å²) in [6.07, 6.45) is 3.41. The van der Waals surface area contributed by atoms with Crippen molar-refractivity contribution in [1.82, 2.24) is 9.97 Å². The maximum absolute atomic E-state index is 10.5. The van der Waals surface area contributed by atoms with Gasteiger partial charge in [0, 0.05) is 12.5 Å². The molecule has 3 rings (SSSR count). The lowest BCUT2D eigenvalue weighted by atomic mass is 10.1. The lowest BCUT2D eigenvalue weighted by molar-refractivity contribution is -0.131. The van der Waals surface area contributed by atoms with E-state index in [1.807, 2.05) is 48.5 Å². The van der Waals surface area contributed by atoms with Crippen molar-refractivity contribution < 1.29 is 9.90 Å². The topological polar surface area (TPSA) is 66.0 Å². The predicted molar refractivity (Wildman–Crippen MR) is 82.0 cm³/mol. The summed E-state index contributed by atoms with van der Waals surface area (Å²) in [6, 6.07) is 15.7. The molecule has 0 amide bonds. The van der Waals surface area contributed by atoms with Crippen molar-refractivity contribution in [2.24, 2.45) is 0 Å². The number of nitrogens with one attached hydrogen (secondary N) is 1. The molecular weight excluding hydrogens is 264 g/mol. The molecule has 0 aliphatic heterocycles. The van der Waals surface area contributed by atoms with Gasteiger partial charge in [0.15, 0.2) is 0 Å². The molecule has 0 saturated heterocycles. The summed E-state index contributed by atoms with van der Waals surface area (Å²) < 4.78 is 0.